The van der Waals surface area contributed by atoms with Crippen LogP contribution in [0.1, 0.15) is 15.6 Å². The third-order valence-electron chi connectivity index (χ3n) is 4.33. The number of hydrogen-bond acceptors (Lipinski definition) is 7. The molecule has 1 aromatic carbocycles. The number of carbonyl (C=O) groups excluding carboxylic acids is 1. The molecule has 1 fully saturated rings. The van der Waals surface area contributed by atoms with Crippen LogP contribution in [0.4, 0.5) is 11.4 Å². The van der Waals surface area contributed by atoms with E-state index in [9.17, 15) is 4.79 Å². The molecule has 4 rings (SSSR count). The molecule has 0 radical (unpaired) electrons. The first kappa shape index (κ1) is 16.0. The highest BCUT2D eigenvalue weighted by Gasteiger charge is 2.17. The summed E-state index contributed by atoms with van der Waals surface area (Å²) in [4.78, 5) is 17.7. The van der Waals surface area contributed by atoms with Crippen molar-refractivity contribution < 1.29 is 4.79 Å². The Bertz CT molecular complexity index is 893. The maximum atomic E-state index is 12.4. The van der Waals surface area contributed by atoms with Crippen LogP contribution in [0.3, 0.4) is 0 Å². The van der Waals surface area contributed by atoms with Crippen molar-refractivity contribution in [2.45, 2.75) is 6.92 Å². The predicted octanol–water partition coefficient (Wildman–Crippen LogP) is 1.50. The van der Waals surface area contributed by atoms with E-state index in [0.717, 1.165) is 31.9 Å². The maximum Gasteiger partial charge on any atom is 0.286 e. The molecule has 9 heteroatoms. The topological polar surface area (TPSA) is 78.7 Å². The van der Waals surface area contributed by atoms with Gasteiger partial charge in [0.25, 0.3) is 5.91 Å². The highest BCUT2D eigenvalue weighted by atomic mass is 32.1. The highest BCUT2D eigenvalue weighted by molar-refractivity contribution is 7.18. The number of carbonyl (C=O) groups is 1. The number of piperazine rings is 1. The molecule has 0 atom stereocenters. The van der Waals surface area contributed by atoms with Gasteiger partial charge in [0.1, 0.15) is 0 Å². The van der Waals surface area contributed by atoms with E-state index >= 15 is 0 Å². The molecule has 1 saturated heterocycles. The third-order valence-corrected chi connectivity index (χ3v) is 5.23. The molecule has 8 nitrogen and oxygen atoms in total. The van der Waals surface area contributed by atoms with Crippen LogP contribution >= 0.6 is 11.3 Å². The first-order valence-electron chi connectivity index (χ1n) is 8.14. The molecule has 130 valence electrons. The maximum absolute atomic E-state index is 12.4. The van der Waals surface area contributed by atoms with Crippen molar-refractivity contribution in [1.82, 2.24) is 24.7 Å². The van der Waals surface area contributed by atoms with Gasteiger partial charge >= 0.3 is 0 Å². The van der Waals surface area contributed by atoms with Gasteiger partial charge in [0, 0.05) is 37.6 Å². The molecule has 1 aliphatic heterocycles. The first-order chi connectivity index (χ1) is 12.1. The van der Waals surface area contributed by atoms with E-state index < -0.39 is 0 Å². The van der Waals surface area contributed by atoms with E-state index in [2.05, 4.69) is 37.5 Å². The number of hydrogen-bond donors (Lipinski definition) is 1. The number of benzene rings is 1. The summed E-state index contributed by atoms with van der Waals surface area (Å²) in [7, 11) is 2.14. The number of nitrogens with zero attached hydrogens (tertiary/aromatic N) is 6. The van der Waals surface area contributed by atoms with Crippen LogP contribution in [0.2, 0.25) is 0 Å². The lowest BCUT2D eigenvalue weighted by molar-refractivity contribution is 0.102. The molecule has 0 saturated carbocycles. The summed E-state index contributed by atoms with van der Waals surface area (Å²) in [5.74, 6) is 0.434. The van der Waals surface area contributed by atoms with E-state index in [0.29, 0.717) is 15.8 Å². The van der Waals surface area contributed by atoms with E-state index in [-0.39, 0.29) is 5.91 Å². The number of amides is 1. The molecule has 1 amide bonds. The molecule has 3 aromatic rings. The fraction of sp³-hybridized carbons (Fsp3) is 0.375. The average Bonchev–Trinajstić information content (AvgIpc) is 3.19. The monoisotopic (exact) mass is 357 g/mol. The first-order valence-corrected chi connectivity index (χ1v) is 8.95. The summed E-state index contributed by atoms with van der Waals surface area (Å²) in [6.45, 7) is 5.98. The van der Waals surface area contributed by atoms with Crippen molar-refractivity contribution in [3.8, 4) is 0 Å². The number of fused-ring (bicyclic) bond motifs is 1. The van der Waals surface area contributed by atoms with Crippen LogP contribution in [-0.2, 0) is 0 Å². The molecule has 0 bridgehead atoms. The van der Waals surface area contributed by atoms with E-state index in [1.807, 2.05) is 24.3 Å². The van der Waals surface area contributed by atoms with Gasteiger partial charge in [-0.1, -0.05) is 11.3 Å². The van der Waals surface area contributed by atoms with E-state index in [4.69, 9.17) is 0 Å². The standard InChI is InChI=1S/C16H19N7OS/c1-11-18-19-16-23(11)20-15(25-16)14(24)17-12-3-5-13(6-4-12)22-9-7-21(2)8-10-22/h3-6H,7-10H2,1-2H3,(H,17,24). The van der Waals surface area contributed by atoms with Crippen molar-refractivity contribution in [3.63, 3.8) is 0 Å². The molecule has 0 aliphatic carbocycles. The minimum absolute atomic E-state index is 0.234. The summed E-state index contributed by atoms with van der Waals surface area (Å²) in [5, 5.41) is 15.4. The van der Waals surface area contributed by atoms with Gasteiger partial charge in [-0.25, -0.2) is 0 Å². The molecular weight excluding hydrogens is 338 g/mol. The minimum atomic E-state index is -0.234. The zero-order chi connectivity index (χ0) is 17.4. The molecule has 25 heavy (non-hydrogen) atoms. The molecule has 2 aromatic heterocycles. The predicted molar refractivity (Wildman–Crippen MR) is 97.5 cm³/mol. The van der Waals surface area contributed by atoms with Gasteiger partial charge in [-0.15, -0.1) is 15.3 Å². The molecular formula is C16H19N7OS. The zero-order valence-corrected chi connectivity index (χ0v) is 15.0. The normalized spacial score (nSPS) is 15.7. The number of rotatable bonds is 3. The van der Waals surface area contributed by atoms with Crippen molar-refractivity contribution >= 4 is 33.6 Å². The zero-order valence-electron chi connectivity index (χ0n) is 14.1. The molecule has 0 unspecified atom stereocenters. The Morgan fingerprint density at radius 2 is 1.84 bits per heavy atom. The number of anilines is 2. The Hall–Kier alpha value is -2.52. The van der Waals surface area contributed by atoms with Crippen LogP contribution in [0.15, 0.2) is 24.3 Å². The number of nitrogens with one attached hydrogen (secondary N) is 1. The van der Waals surface area contributed by atoms with Gasteiger partial charge < -0.3 is 15.1 Å². The van der Waals surface area contributed by atoms with Crippen LogP contribution in [0, 0.1) is 6.92 Å². The van der Waals surface area contributed by atoms with Crippen LogP contribution in [0.25, 0.3) is 4.96 Å². The Balaban J connectivity index is 1.44. The second-order valence-corrected chi connectivity index (χ2v) is 7.10. The lowest BCUT2D eigenvalue weighted by atomic mass is 10.2. The average molecular weight is 357 g/mol. The van der Waals surface area contributed by atoms with Gasteiger partial charge in [-0.3, -0.25) is 4.79 Å². The summed E-state index contributed by atoms with van der Waals surface area (Å²) in [6, 6.07) is 7.95. The molecule has 3 heterocycles. The smallest absolute Gasteiger partial charge is 0.286 e. The summed E-state index contributed by atoms with van der Waals surface area (Å²) < 4.78 is 1.58. The van der Waals surface area contributed by atoms with Gasteiger partial charge in [-0.2, -0.15) is 4.52 Å². The Kier molecular flexibility index (Phi) is 4.10. The van der Waals surface area contributed by atoms with Crippen LogP contribution in [-0.4, -0.2) is 63.8 Å². The number of aryl methyl sites for hydroxylation is 1. The van der Waals surface area contributed by atoms with E-state index in [1.54, 1.807) is 11.4 Å². The van der Waals surface area contributed by atoms with Gasteiger partial charge in [0.2, 0.25) is 9.97 Å². The lowest BCUT2D eigenvalue weighted by Gasteiger charge is -2.34. The highest BCUT2D eigenvalue weighted by Crippen LogP contribution is 2.20. The van der Waals surface area contributed by atoms with Gasteiger partial charge in [0.05, 0.1) is 0 Å². The number of likely N-dealkylation sites (N-methyl/N-ethyl adjacent to an activating group) is 1. The second-order valence-electron chi connectivity index (χ2n) is 6.14. The minimum Gasteiger partial charge on any atom is -0.369 e. The largest absolute Gasteiger partial charge is 0.369 e. The Morgan fingerprint density at radius 3 is 2.52 bits per heavy atom. The molecule has 1 aliphatic rings. The van der Waals surface area contributed by atoms with Crippen LogP contribution in [0.5, 0.6) is 0 Å². The number of aromatic nitrogens is 4. The Morgan fingerprint density at radius 1 is 1.12 bits per heavy atom. The van der Waals surface area contributed by atoms with E-state index in [1.165, 1.54) is 17.0 Å². The van der Waals surface area contributed by atoms with Crippen molar-refractivity contribution in [3.05, 3.63) is 35.1 Å². The van der Waals surface area contributed by atoms with Crippen molar-refractivity contribution in [1.29, 1.82) is 0 Å². The van der Waals surface area contributed by atoms with Gasteiger partial charge in [-0.05, 0) is 38.2 Å². The molecule has 0 spiro atoms. The van der Waals surface area contributed by atoms with Crippen molar-refractivity contribution in [2.75, 3.05) is 43.4 Å². The SMILES string of the molecule is Cc1nnc2sc(C(=O)Nc3ccc(N4CCN(C)CC4)cc3)nn12. The molecule has 1 N–H and O–H groups in total. The Labute approximate surface area is 149 Å². The summed E-state index contributed by atoms with van der Waals surface area (Å²) >= 11 is 1.22. The third kappa shape index (κ3) is 3.20. The van der Waals surface area contributed by atoms with Crippen molar-refractivity contribution in [2.24, 2.45) is 0 Å². The fourth-order valence-electron chi connectivity index (χ4n) is 2.81. The lowest BCUT2D eigenvalue weighted by Crippen LogP contribution is -2.44. The summed E-state index contributed by atoms with van der Waals surface area (Å²) in [6.07, 6.45) is 0. The quantitative estimate of drug-likeness (QED) is 0.765. The van der Waals surface area contributed by atoms with Gasteiger partial charge in [0.15, 0.2) is 5.82 Å². The van der Waals surface area contributed by atoms with Crippen LogP contribution < -0.4 is 10.2 Å². The summed E-state index contributed by atoms with van der Waals surface area (Å²) in [5.41, 5.74) is 1.94. The second kappa shape index (κ2) is 6.41. The fourth-order valence-corrected chi connectivity index (χ4v) is 3.59.